The topological polar surface area (TPSA) is 75.7 Å². The smallest absolute Gasteiger partial charge is 0.269 e. The van der Waals surface area contributed by atoms with E-state index in [1.54, 1.807) is 6.07 Å². The van der Waals surface area contributed by atoms with Crippen molar-refractivity contribution in [2.75, 3.05) is 0 Å². The molecule has 0 spiro atoms. The lowest BCUT2D eigenvalue weighted by atomic mass is 10.0. The van der Waals surface area contributed by atoms with Gasteiger partial charge in [-0.05, 0) is 30.0 Å². The predicted octanol–water partition coefficient (Wildman–Crippen LogP) is 2.75. The van der Waals surface area contributed by atoms with Crippen LogP contribution in [0.1, 0.15) is 30.9 Å². The fourth-order valence-corrected chi connectivity index (χ4v) is 1.48. The van der Waals surface area contributed by atoms with Gasteiger partial charge < -0.3 is 5.21 Å². The number of hydrogen-bond acceptors (Lipinski definition) is 4. The molecular formula is C11H14N2O3. The van der Waals surface area contributed by atoms with Gasteiger partial charge in [0.1, 0.15) is 0 Å². The number of rotatable bonds is 5. The number of non-ortho nitro benzene ring substituents is 1. The molecule has 0 aliphatic rings. The van der Waals surface area contributed by atoms with Crippen molar-refractivity contribution in [2.45, 2.75) is 26.2 Å². The minimum absolute atomic E-state index is 0.0705. The molecule has 5 heteroatoms. The quantitative estimate of drug-likeness (QED) is 0.360. The highest BCUT2D eigenvalue weighted by Gasteiger charge is 2.09. The Kier molecular flexibility index (Phi) is 4.44. The number of unbranched alkanes of at least 4 members (excludes halogenated alkanes) is 1. The average molecular weight is 222 g/mol. The van der Waals surface area contributed by atoms with Gasteiger partial charge in [-0.25, -0.2) is 0 Å². The fraction of sp³-hybridized carbons (Fsp3) is 0.364. The summed E-state index contributed by atoms with van der Waals surface area (Å²) in [6.07, 6.45) is 4.01. The Morgan fingerprint density at radius 1 is 1.56 bits per heavy atom. The van der Waals surface area contributed by atoms with Crippen LogP contribution in [0.25, 0.3) is 0 Å². The minimum Gasteiger partial charge on any atom is -0.411 e. The second-order valence-corrected chi connectivity index (χ2v) is 3.49. The van der Waals surface area contributed by atoms with Crippen molar-refractivity contribution < 1.29 is 10.1 Å². The van der Waals surface area contributed by atoms with Crippen LogP contribution in [-0.4, -0.2) is 16.3 Å². The third-order valence-corrected chi connectivity index (χ3v) is 2.33. The van der Waals surface area contributed by atoms with Crippen molar-refractivity contribution in [2.24, 2.45) is 5.16 Å². The molecule has 1 aromatic rings. The van der Waals surface area contributed by atoms with Crippen molar-refractivity contribution in [1.29, 1.82) is 0 Å². The van der Waals surface area contributed by atoms with E-state index in [2.05, 4.69) is 12.1 Å². The molecule has 1 N–H and O–H groups in total. The van der Waals surface area contributed by atoms with Crippen molar-refractivity contribution in [1.82, 2.24) is 0 Å². The summed E-state index contributed by atoms with van der Waals surface area (Å²) in [5.74, 6) is 0. The molecule has 0 aromatic heterocycles. The molecule has 86 valence electrons. The van der Waals surface area contributed by atoms with E-state index >= 15 is 0 Å². The van der Waals surface area contributed by atoms with Gasteiger partial charge in [-0.1, -0.05) is 18.5 Å². The van der Waals surface area contributed by atoms with Crippen LogP contribution in [0.3, 0.4) is 0 Å². The summed E-state index contributed by atoms with van der Waals surface area (Å²) in [4.78, 5) is 10.2. The van der Waals surface area contributed by atoms with Gasteiger partial charge in [-0.15, -0.1) is 0 Å². The van der Waals surface area contributed by atoms with Crippen LogP contribution >= 0.6 is 0 Å². The Morgan fingerprint density at radius 3 is 2.88 bits per heavy atom. The van der Waals surface area contributed by atoms with Crippen molar-refractivity contribution in [3.63, 3.8) is 0 Å². The zero-order valence-corrected chi connectivity index (χ0v) is 9.09. The van der Waals surface area contributed by atoms with E-state index in [0.29, 0.717) is 0 Å². The molecular weight excluding hydrogens is 208 g/mol. The van der Waals surface area contributed by atoms with Crippen molar-refractivity contribution in [3.8, 4) is 0 Å². The van der Waals surface area contributed by atoms with E-state index in [1.165, 1.54) is 18.3 Å². The van der Waals surface area contributed by atoms with Crippen LogP contribution < -0.4 is 0 Å². The summed E-state index contributed by atoms with van der Waals surface area (Å²) in [5.41, 5.74) is 1.64. The van der Waals surface area contributed by atoms with E-state index in [-0.39, 0.29) is 5.69 Å². The second-order valence-electron chi connectivity index (χ2n) is 3.49. The highest BCUT2D eigenvalue weighted by atomic mass is 16.6. The van der Waals surface area contributed by atoms with Crippen molar-refractivity contribution in [3.05, 3.63) is 39.4 Å². The number of hydrogen-bond donors (Lipinski definition) is 1. The van der Waals surface area contributed by atoms with E-state index in [0.717, 1.165) is 30.4 Å². The largest absolute Gasteiger partial charge is 0.411 e. The Morgan fingerprint density at radius 2 is 2.31 bits per heavy atom. The Bertz CT molecular complexity index is 402. The zero-order chi connectivity index (χ0) is 12.0. The van der Waals surface area contributed by atoms with Crippen LogP contribution in [0.2, 0.25) is 0 Å². The van der Waals surface area contributed by atoms with Crippen LogP contribution in [0, 0.1) is 10.1 Å². The molecule has 0 unspecified atom stereocenters. The molecule has 0 heterocycles. The van der Waals surface area contributed by atoms with E-state index in [4.69, 9.17) is 5.21 Å². The maximum absolute atomic E-state index is 10.6. The zero-order valence-electron chi connectivity index (χ0n) is 9.09. The first-order valence-electron chi connectivity index (χ1n) is 5.13. The first-order valence-corrected chi connectivity index (χ1v) is 5.13. The summed E-state index contributed by atoms with van der Waals surface area (Å²) in [6, 6.07) is 4.54. The molecule has 16 heavy (non-hydrogen) atoms. The van der Waals surface area contributed by atoms with Gasteiger partial charge in [0.2, 0.25) is 0 Å². The molecule has 0 atom stereocenters. The molecule has 0 radical (unpaired) electrons. The van der Waals surface area contributed by atoms with Gasteiger partial charge in [0.05, 0.1) is 11.1 Å². The van der Waals surface area contributed by atoms with Crippen LogP contribution in [0.5, 0.6) is 0 Å². The lowest BCUT2D eigenvalue weighted by Gasteiger charge is -2.04. The number of nitrogens with zero attached hydrogens (tertiary/aromatic N) is 2. The minimum atomic E-state index is -0.421. The van der Waals surface area contributed by atoms with Crippen molar-refractivity contribution >= 4 is 11.9 Å². The number of nitro groups is 1. The van der Waals surface area contributed by atoms with Crippen LogP contribution in [0.4, 0.5) is 5.69 Å². The first kappa shape index (κ1) is 12.2. The summed E-state index contributed by atoms with van der Waals surface area (Å²) in [6.45, 7) is 2.05. The SMILES string of the molecule is CCCCc1cc([N+](=O)[O-])ccc1C=NO. The number of benzene rings is 1. The average Bonchev–Trinajstić information content (AvgIpc) is 2.27. The standard InChI is InChI=1S/C11H14N2O3/c1-2-3-4-9-7-11(13(15)16)6-5-10(9)8-12-14/h5-8,14H,2-4H2,1H3. The van der Waals surface area contributed by atoms with E-state index in [1.807, 2.05) is 0 Å². The predicted molar refractivity (Wildman–Crippen MR) is 61.1 cm³/mol. The maximum Gasteiger partial charge on any atom is 0.269 e. The monoisotopic (exact) mass is 222 g/mol. The lowest BCUT2D eigenvalue weighted by molar-refractivity contribution is -0.384. The Hall–Kier alpha value is -1.91. The highest BCUT2D eigenvalue weighted by molar-refractivity contribution is 5.81. The third kappa shape index (κ3) is 3.05. The molecule has 0 aliphatic carbocycles. The number of nitro benzene ring substituents is 1. The molecule has 0 bridgehead atoms. The molecule has 0 saturated carbocycles. The van der Waals surface area contributed by atoms with Gasteiger partial charge in [0.25, 0.3) is 5.69 Å². The fourth-order valence-electron chi connectivity index (χ4n) is 1.48. The van der Waals surface area contributed by atoms with E-state index < -0.39 is 4.92 Å². The highest BCUT2D eigenvalue weighted by Crippen LogP contribution is 2.18. The van der Waals surface area contributed by atoms with Gasteiger partial charge in [-0.2, -0.15) is 0 Å². The molecule has 0 saturated heterocycles. The molecule has 1 rings (SSSR count). The summed E-state index contributed by atoms with van der Waals surface area (Å²) >= 11 is 0. The number of aryl methyl sites for hydroxylation is 1. The van der Waals surface area contributed by atoms with Gasteiger partial charge in [0.15, 0.2) is 0 Å². The van der Waals surface area contributed by atoms with Crippen LogP contribution in [-0.2, 0) is 6.42 Å². The summed E-state index contributed by atoms with van der Waals surface area (Å²) in [7, 11) is 0. The summed E-state index contributed by atoms with van der Waals surface area (Å²) < 4.78 is 0. The maximum atomic E-state index is 10.6. The van der Waals surface area contributed by atoms with Gasteiger partial charge in [0, 0.05) is 12.1 Å². The lowest BCUT2D eigenvalue weighted by Crippen LogP contribution is -1.96. The second kappa shape index (κ2) is 5.85. The van der Waals surface area contributed by atoms with Gasteiger partial charge in [-0.3, -0.25) is 10.1 Å². The Labute approximate surface area is 93.6 Å². The summed E-state index contributed by atoms with van der Waals surface area (Å²) in [5, 5.41) is 22.1. The third-order valence-electron chi connectivity index (χ3n) is 2.33. The van der Waals surface area contributed by atoms with Gasteiger partial charge >= 0.3 is 0 Å². The molecule has 5 nitrogen and oxygen atoms in total. The van der Waals surface area contributed by atoms with Crippen LogP contribution in [0.15, 0.2) is 23.4 Å². The normalized spacial score (nSPS) is 10.8. The molecule has 0 aliphatic heterocycles. The van der Waals surface area contributed by atoms with E-state index in [9.17, 15) is 10.1 Å². The molecule has 1 aromatic carbocycles. The molecule has 0 fully saturated rings. The first-order chi connectivity index (χ1) is 7.69. The number of oxime groups is 1. The Balaban J connectivity index is 3.05. The molecule has 0 amide bonds.